The number of carboxylic acid groups (broad SMARTS) is 1. The van der Waals surface area contributed by atoms with Crippen LogP contribution in [0, 0.1) is 5.92 Å². The number of nitrogens with one attached hydrogen (secondary N) is 2. The first-order valence-corrected chi connectivity index (χ1v) is 14.4. The molecule has 2 amide bonds. The van der Waals surface area contributed by atoms with Crippen molar-refractivity contribution >= 4 is 35.2 Å². The Morgan fingerprint density at radius 1 is 1.00 bits per heavy atom. The molecule has 3 atom stereocenters. The molecule has 7 nitrogen and oxygen atoms in total. The molecule has 3 rings (SSSR count). The third kappa shape index (κ3) is 8.52. The van der Waals surface area contributed by atoms with E-state index < -0.39 is 24.1 Å². The quantitative estimate of drug-likeness (QED) is 0.358. The van der Waals surface area contributed by atoms with E-state index in [1.165, 1.54) is 18.4 Å². The highest BCUT2D eigenvalue weighted by Crippen LogP contribution is 2.28. The zero-order chi connectivity index (χ0) is 26.6. The average Bonchev–Trinajstić information content (AvgIpc) is 2.93. The van der Waals surface area contributed by atoms with Gasteiger partial charge < -0.3 is 20.6 Å². The van der Waals surface area contributed by atoms with Crippen LogP contribution in [-0.4, -0.2) is 65.0 Å². The first kappa shape index (κ1) is 28.6. The van der Waals surface area contributed by atoms with Crippen LogP contribution in [0.5, 0.6) is 0 Å². The van der Waals surface area contributed by atoms with E-state index in [0.29, 0.717) is 12.2 Å². The molecule has 3 N–H and O–H groups in total. The summed E-state index contributed by atoms with van der Waals surface area (Å²) < 4.78 is 0. The first-order valence-electron chi connectivity index (χ1n) is 13.0. The molecule has 8 heteroatoms. The Hall–Kier alpha value is -3.00. The summed E-state index contributed by atoms with van der Waals surface area (Å²) in [5.74, 6) is -0.819. The van der Waals surface area contributed by atoms with E-state index in [9.17, 15) is 19.5 Å². The lowest BCUT2D eigenvalue weighted by Crippen LogP contribution is -2.56. The van der Waals surface area contributed by atoms with Crippen LogP contribution in [0.2, 0.25) is 0 Å². The van der Waals surface area contributed by atoms with E-state index in [4.69, 9.17) is 0 Å². The van der Waals surface area contributed by atoms with Crippen molar-refractivity contribution in [3.05, 3.63) is 66.2 Å². The van der Waals surface area contributed by atoms with Crippen LogP contribution in [-0.2, 0) is 20.8 Å². The van der Waals surface area contributed by atoms with Gasteiger partial charge in [0, 0.05) is 19.2 Å². The van der Waals surface area contributed by atoms with Crippen molar-refractivity contribution in [2.75, 3.05) is 24.4 Å². The van der Waals surface area contributed by atoms with E-state index in [-0.39, 0.29) is 24.2 Å². The number of carbonyl (C=O) groups is 3. The molecule has 37 heavy (non-hydrogen) atoms. The molecular formula is C29H39N3O4S. The van der Waals surface area contributed by atoms with Crippen LogP contribution < -0.4 is 10.6 Å². The van der Waals surface area contributed by atoms with Gasteiger partial charge in [-0.25, -0.2) is 4.79 Å². The third-order valence-corrected chi connectivity index (χ3v) is 7.74. The van der Waals surface area contributed by atoms with Crippen molar-refractivity contribution in [2.24, 2.45) is 5.92 Å². The molecule has 0 saturated heterocycles. The van der Waals surface area contributed by atoms with Crippen LogP contribution in [0.1, 0.15) is 44.1 Å². The Bertz CT molecular complexity index is 999. The third-order valence-electron chi connectivity index (χ3n) is 7.10. The zero-order valence-electron chi connectivity index (χ0n) is 21.8. The number of aliphatic carboxylic acids is 1. The van der Waals surface area contributed by atoms with Gasteiger partial charge >= 0.3 is 5.97 Å². The number of amides is 2. The second-order valence-electron chi connectivity index (χ2n) is 9.72. The molecule has 1 saturated carbocycles. The molecule has 1 fully saturated rings. The first-order chi connectivity index (χ1) is 17.9. The summed E-state index contributed by atoms with van der Waals surface area (Å²) in [6.07, 6.45) is 7.83. The van der Waals surface area contributed by atoms with Gasteiger partial charge in [-0.15, -0.1) is 0 Å². The molecule has 1 aliphatic carbocycles. The van der Waals surface area contributed by atoms with Gasteiger partial charge in [-0.3, -0.25) is 9.59 Å². The Labute approximate surface area is 224 Å². The maximum atomic E-state index is 13.7. The topological polar surface area (TPSA) is 98.7 Å². The summed E-state index contributed by atoms with van der Waals surface area (Å²) in [5.41, 5.74) is 1.70. The van der Waals surface area contributed by atoms with Crippen molar-refractivity contribution in [1.29, 1.82) is 0 Å². The smallest absolute Gasteiger partial charge is 0.326 e. The van der Waals surface area contributed by atoms with Gasteiger partial charge in [-0.05, 0) is 54.9 Å². The predicted molar refractivity (Wildman–Crippen MR) is 150 cm³/mol. The lowest BCUT2D eigenvalue weighted by atomic mass is 9.83. The summed E-state index contributed by atoms with van der Waals surface area (Å²) in [5, 5.41) is 16.3. The Morgan fingerprint density at radius 2 is 1.62 bits per heavy atom. The van der Waals surface area contributed by atoms with E-state index >= 15 is 0 Å². The molecule has 0 bridgehead atoms. The van der Waals surface area contributed by atoms with E-state index in [1.807, 2.05) is 66.9 Å². The van der Waals surface area contributed by atoms with Gasteiger partial charge in [0.1, 0.15) is 18.1 Å². The van der Waals surface area contributed by atoms with Gasteiger partial charge in [0.15, 0.2) is 0 Å². The summed E-state index contributed by atoms with van der Waals surface area (Å²) in [7, 11) is 1.52. The summed E-state index contributed by atoms with van der Waals surface area (Å²) in [6, 6.07) is 16.7. The molecule has 0 spiro atoms. The number of benzene rings is 2. The standard InChI is InChI=1S/C29H39N3O4S/c1-32(25(29(35)36)20-21-12-6-3-7-13-21)28(34)24(18-19-37-2)31-27(33)26(22-14-8-4-9-15-22)30-23-16-10-5-11-17-23/h3,5-7,10-13,16-17,22,24-26,30H,4,8-9,14-15,18-20H2,1-2H3,(H,31,33)(H,35,36)/t24-,25-,26?/m0/s1. The summed E-state index contributed by atoms with van der Waals surface area (Å²) in [6.45, 7) is 0. The predicted octanol–water partition coefficient (Wildman–Crippen LogP) is 4.44. The number of likely N-dealkylation sites (N-methyl/N-ethyl adjacent to an activating group) is 1. The Morgan fingerprint density at radius 3 is 2.22 bits per heavy atom. The average molecular weight is 526 g/mol. The van der Waals surface area contributed by atoms with Crippen molar-refractivity contribution < 1.29 is 19.5 Å². The highest BCUT2D eigenvalue weighted by molar-refractivity contribution is 7.98. The molecule has 0 heterocycles. The SMILES string of the molecule is CSCC[C@H](NC(=O)C(Nc1ccccc1)C1CCCCC1)C(=O)N(C)[C@@H](Cc1ccccc1)C(=O)O. The lowest BCUT2D eigenvalue weighted by Gasteiger charge is -2.33. The molecule has 0 aliphatic heterocycles. The number of para-hydroxylation sites is 1. The molecule has 2 aromatic carbocycles. The van der Waals surface area contributed by atoms with E-state index in [2.05, 4.69) is 10.6 Å². The van der Waals surface area contributed by atoms with Gasteiger partial charge in [-0.2, -0.15) is 11.8 Å². The highest BCUT2D eigenvalue weighted by Gasteiger charge is 2.35. The van der Waals surface area contributed by atoms with E-state index in [1.54, 1.807) is 11.8 Å². The number of hydrogen-bond donors (Lipinski definition) is 3. The summed E-state index contributed by atoms with van der Waals surface area (Å²) in [4.78, 5) is 40.7. The van der Waals surface area contributed by atoms with Crippen LogP contribution in [0.3, 0.4) is 0 Å². The molecule has 2 aromatic rings. The van der Waals surface area contributed by atoms with Crippen LogP contribution in [0.4, 0.5) is 5.69 Å². The lowest BCUT2D eigenvalue weighted by molar-refractivity contribution is -0.150. The second-order valence-corrected chi connectivity index (χ2v) is 10.7. The number of thioether (sulfide) groups is 1. The number of carboxylic acids is 1. The second kappa shape index (κ2) is 14.7. The maximum Gasteiger partial charge on any atom is 0.326 e. The molecule has 1 aliphatic rings. The van der Waals surface area contributed by atoms with Crippen molar-refractivity contribution in [1.82, 2.24) is 10.2 Å². The van der Waals surface area contributed by atoms with Gasteiger partial charge in [-0.1, -0.05) is 67.8 Å². The number of nitrogens with zero attached hydrogens (tertiary/aromatic N) is 1. The monoisotopic (exact) mass is 525 g/mol. The molecular weight excluding hydrogens is 486 g/mol. The molecule has 0 aromatic heterocycles. The minimum Gasteiger partial charge on any atom is -0.480 e. The van der Waals surface area contributed by atoms with Crippen LogP contribution in [0.15, 0.2) is 60.7 Å². The van der Waals surface area contributed by atoms with Gasteiger partial charge in [0.05, 0.1) is 0 Å². The van der Waals surface area contributed by atoms with Crippen LogP contribution >= 0.6 is 11.8 Å². The summed E-state index contributed by atoms with van der Waals surface area (Å²) >= 11 is 1.59. The highest BCUT2D eigenvalue weighted by atomic mass is 32.2. The number of anilines is 1. The molecule has 0 radical (unpaired) electrons. The van der Waals surface area contributed by atoms with Crippen molar-refractivity contribution in [3.8, 4) is 0 Å². The minimum atomic E-state index is -1.07. The van der Waals surface area contributed by atoms with E-state index in [0.717, 1.165) is 36.9 Å². The van der Waals surface area contributed by atoms with Gasteiger partial charge in [0.25, 0.3) is 0 Å². The minimum absolute atomic E-state index is 0.174. The fraction of sp³-hybridized carbons (Fsp3) is 0.483. The van der Waals surface area contributed by atoms with Crippen molar-refractivity contribution in [2.45, 2.75) is 63.1 Å². The van der Waals surface area contributed by atoms with Gasteiger partial charge in [0.2, 0.25) is 11.8 Å². The molecule has 200 valence electrons. The fourth-order valence-corrected chi connectivity index (χ4v) is 5.43. The Balaban J connectivity index is 1.78. The number of hydrogen-bond acceptors (Lipinski definition) is 5. The largest absolute Gasteiger partial charge is 0.480 e. The molecule has 1 unspecified atom stereocenters. The normalized spacial score (nSPS) is 16.3. The van der Waals surface area contributed by atoms with Crippen molar-refractivity contribution in [3.63, 3.8) is 0 Å². The zero-order valence-corrected chi connectivity index (χ0v) is 22.6. The Kier molecular flexibility index (Phi) is 11.3. The maximum absolute atomic E-state index is 13.7. The number of carbonyl (C=O) groups excluding carboxylic acids is 2. The fourth-order valence-electron chi connectivity index (χ4n) is 4.96. The number of rotatable bonds is 13. The van der Waals surface area contributed by atoms with Crippen LogP contribution in [0.25, 0.3) is 0 Å².